The molecule has 0 spiro atoms. The lowest BCUT2D eigenvalue weighted by Gasteiger charge is -2.42. The Balaban J connectivity index is 1.83. The van der Waals surface area contributed by atoms with Crippen molar-refractivity contribution in [2.45, 2.75) is 40.0 Å². The molecule has 1 aliphatic heterocycles. The first-order valence-corrected chi connectivity index (χ1v) is 12.5. The van der Waals surface area contributed by atoms with Crippen LogP contribution in [0.15, 0.2) is 48.8 Å². The molecule has 38 heavy (non-hydrogen) atoms. The zero-order valence-corrected chi connectivity index (χ0v) is 22.7. The summed E-state index contributed by atoms with van der Waals surface area (Å²) < 4.78 is 43.0. The largest absolute Gasteiger partial charge is 0.497 e. The Morgan fingerprint density at radius 3 is 2.39 bits per heavy atom. The zero-order chi connectivity index (χ0) is 27.6. The summed E-state index contributed by atoms with van der Waals surface area (Å²) in [5, 5.41) is 3.01. The van der Waals surface area contributed by atoms with Crippen molar-refractivity contribution in [2.75, 3.05) is 23.9 Å². The fourth-order valence-corrected chi connectivity index (χ4v) is 4.54. The van der Waals surface area contributed by atoms with Crippen molar-refractivity contribution >= 4 is 40.5 Å². The Kier molecular flexibility index (Phi) is 8.18. The molecule has 1 aliphatic rings. The molecule has 1 aromatic heterocycles. The molecule has 7 nitrogen and oxygen atoms in total. The molecule has 0 radical (unpaired) electrons. The average molecular weight is 566 g/mol. The molecule has 0 aliphatic carbocycles. The Labute approximate surface area is 229 Å². The van der Waals surface area contributed by atoms with Crippen LogP contribution in [0.2, 0.25) is 10.0 Å². The van der Waals surface area contributed by atoms with Crippen LogP contribution < -0.4 is 24.4 Å². The number of methoxy groups -OCH3 is 1. The van der Waals surface area contributed by atoms with Crippen molar-refractivity contribution < 1.29 is 27.8 Å². The minimum absolute atomic E-state index is 0.0598. The maximum atomic E-state index is 13.5. The van der Waals surface area contributed by atoms with Crippen molar-refractivity contribution in [3.05, 3.63) is 70.0 Å². The molecule has 0 fully saturated rings. The van der Waals surface area contributed by atoms with Crippen molar-refractivity contribution in [3.63, 3.8) is 0 Å². The predicted molar refractivity (Wildman–Crippen MR) is 143 cm³/mol. The van der Waals surface area contributed by atoms with Gasteiger partial charge in [0.25, 0.3) is 5.91 Å². The summed E-state index contributed by atoms with van der Waals surface area (Å²) in [6.45, 7) is 3.64. The topological polar surface area (TPSA) is 72.9 Å². The first-order chi connectivity index (χ1) is 18.0. The quantitative estimate of drug-likeness (QED) is 0.330. The van der Waals surface area contributed by atoms with Crippen LogP contribution in [-0.2, 0) is 6.54 Å². The van der Waals surface area contributed by atoms with E-state index in [0.29, 0.717) is 24.5 Å². The lowest BCUT2D eigenvalue weighted by atomic mass is 9.87. The van der Waals surface area contributed by atoms with E-state index in [9.17, 15) is 13.6 Å². The van der Waals surface area contributed by atoms with Crippen LogP contribution in [0.1, 0.15) is 36.7 Å². The van der Waals surface area contributed by atoms with E-state index in [-0.39, 0.29) is 38.2 Å². The van der Waals surface area contributed by atoms with Crippen molar-refractivity contribution in [1.29, 1.82) is 0 Å². The molecule has 1 unspecified atom stereocenters. The molecular weight excluding hydrogens is 539 g/mol. The second kappa shape index (κ2) is 11.2. The van der Waals surface area contributed by atoms with Gasteiger partial charge in [0.1, 0.15) is 11.9 Å². The Hall–Kier alpha value is -3.30. The number of fused-ring (bicyclic) bond motifs is 1. The summed E-state index contributed by atoms with van der Waals surface area (Å²) in [6, 6.07) is 10.2. The van der Waals surface area contributed by atoms with Crippen LogP contribution in [-0.4, -0.2) is 37.3 Å². The van der Waals surface area contributed by atoms with E-state index in [2.05, 4.69) is 10.3 Å². The fourth-order valence-electron chi connectivity index (χ4n) is 4.08. The highest BCUT2D eigenvalue weighted by Crippen LogP contribution is 2.47. The number of amides is 1. The Morgan fingerprint density at radius 1 is 1.16 bits per heavy atom. The van der Waals surface area contributed by atoms with E-state index >= 15 is 0 Å². The molecule has 2 aromatic carbocycles. The van der Waals surface area contributed by atoms with Crippen LogP contribution >= 0.6 is 23.2 Å². The molecule has 0 bridgehead atoms. The van der Waals surface area contributed by atoms with Gasteiger partial charge in [-0.1, -0.05) is 56.1 Å². The lowest BCUT2D eigenvalue weighted by molar-refractivity contribution is -0.0532. The van der Waals surface area contributed by atoms with Gasteiger partial charge in [0, 0.05) is 24.4 Å². The van der Waals surface area contributed by atoms with Gasteiger partial charge in [-0.25, -0.2) is 0 Å². The van der Waals surface area contributed by atoms with Crippen LogP contribution in [0.4, 0.5) is 20.2 Å². The van der Waals surface area contributed by atoms with Crippen LogP contribution in [0.25, 0.3) is 0 Å². The third-order valence-corrected chi connectivity index (χ3v) is 6.68. The van der Waals surface area contributed by atoms with Crippen LogP contribution in [0.3, 0.4) is 0 Å². The molecular formula is C27H27Cl2F2N3O4. The van der Waals surface area contributed by atoms with E-state index in [4.69, 9.17) is 37.4 Å². The van der Waals surface area contributed by atoms with Gasteiger partial charge in [-0.05, 0) is 29.8 Å². The number of nitrogens with one attached hydrogen (secondary N) is 1. The number of aromatic nitrogens is 1. The zero-order valence-electron chi connectivity index (χ0n) is 21.2. The fraction of sp³-hybridized carbons (Fsp3) is 0.333. The smallest absolute Gasteiger partial charge is 0.387 e. The van der Waals surface area contributed by atoms with Gasteiger partial charge in [-0.3, -0.25) is 9.78 Å². The third-order valence-electron chi connectivity index (χ3n) is 6.11. The lowest BCUT2D eigenvalue weighted by Crippen LogP contribution is -2.47. The SMILES string of the molecule is COc1ccc(CN2CC(C(C)(C)C)Oc3c(OC(F)F)ccc(C(=O)Nc4c(Cl)cncc4Cl)c32)cc1. The molecule has 1 N–H and O–H groups in total. The number of pyridine rings is 1. The highest BCUT2D eigenvalue weighted by Gasteiger charge is 2.38. The number of alkyl halides is 2. The monoisotopic (exact) mass is 565 g/mol. The molecule has 0 saturated carbocycles. The van der Waals surface area contributed by atoms with E-state index in [0.717, 1.165) is 5.56 Å². The Morgan fingerprint density at radius 2 is 1.82 bits per heavy atom. The summed E-state index contributed by atoms with van der Waals surface area (Å²) in [6.07, 6.45) is 2.31. The van der Waals surface area contributed by atoms with Gasteiger partial charge in [-0.15, -0.1) is 0 Å². The van der Waals surface area contributed by atoms with Gasteiger partial charge in [0.2, 0.25) is 0 Å². The molecule has 202 valence electrons. The molecule has 1 amide bonds. The van der Waals surface area contributed by atoms with Gasteiger partial charge in [0.15, 0.2) is 11.5 Å². The second-order valence-corrected chi connectivity index (χ2v) is 10.6. The summed E-state index contributed by atoms with van der Waals surface area (Å²) in [5.74, 6) is 0.0321. The summed E-state index contributed by atoms with van der Waals surface area (Å²) >= 11 is 12.4. The van der Waals surface area contributed by atoms with Gasteiger partial charge in [-0.2, -0.15) is 8.78 Å². The number of carbonyl (C=O) groups is 1. The number of hydrogen-bond donors (Lipinski definition) is 1. The van der Waals surface area contributed by atoms with Gasteiger partial charge < -0.3 is 24.4 Å². The van der Waals surface area contributed by atoms with E-state index in [1.807, 2.05) is 49.9 Å². The predicted octanol–water partition coefficient (Wildman–Crippen LogP) is 7.06. The van der Waals surface area contributed by atoms with Crippen molar-refractivity contribution in [1.82, 2.24) is 4.98 Å². The first kappa shape index (κ1) is 27.7. The molecule has 1 atom stereocenters. The summed E-state index contributed by atoms with van der Waals surface area (Å²) in [7, 11) is 1.58. The number of rotatable bonds is 7. The first-order valence-electron chi connectivity index (χ1n) is 11.7. The number of hydrogen-bond acceptors (Lipinski definition) is 6. The maximum Gasteiger partial charge on any atom is 0.387 e. The number of carbonyl (C=O) groups excluding carboxylic acids is 1. The number of anilines is 2. The molecule has 11 heteroatoms. The van der Waals surface area contributed by atoms with Gasteiger partial charge in [0.05, 0.1) is 40.6 Å². The summed E-state index contributed by atoms with van der Waals surface area (Å²) in [4.78, 5) is 19.4. The minimum atomic E-state index is -3.08. The van der Waals surface area contributed by atoms with E-state index in [1.165, 1.54) is 24.5 Å². The number of ether oxygens (including phenoxy) is 3. The maximum absolute atomic E-state index is 13.5. The minimum Gasteiger partial charge on any atom is -0.497 e. The van der Waals surface area contributed by atoms with Gasteiger partial charge >= 0.3 is 6.61 Å². The second-order valence-electron chi connectivity index (χ2n) is 9.80. The molecule has 2 heterocycles. The van der Waals surface area contributed by atoms with E-state index < -0.39 is 18.6 Å². The van der Waals surface area contributed by atoms with Crippen LogP contribution in [0.5, 0.6) is 17.2 Å². The molecule has 3 aromatic rings. The summed E-state index contributed by atoms with van der Waals surface area (Å²) in [5.41, 5.74) is 1.23. The highest BCUT2D eigenvalue weighted by atomic mass is 35.5. The average Bonchev–Trinajstić information content (AvgIpc) is 2.86. The van der Waals surface area contributed by atoms with Crippen LogP contribution in [0, 0.1) is 5.41 Å². The van der Waals surface area contributed by atoms with Crippen molar-refractivity contribution in [3.8, 4) is 17.2 Å². The molecule has 0 saturated heterocycles. The third kappa shape index (κ3) is 6.05. The van der Waals surface area contributed by atoms with E-state index in [1.54, 1.807) is 7.11 Å². The number of halogens is 4. The Bertz CT molecular complexity index is 1300. The number of benzene rings is 2. The standard InChI is InChI=1S/C27H27Cl2F2N3O4/c1-27(2,3)21-14-34(13-15-5-7-16(36-4)8-6-15)23-17(9-10-20(24(23)38-21)37-26(30)31)25(35)33-22-18(28)11-32-12-19(22)29/h5-12,21,26H,13-14H2,1-4H3,(H,32,33,35). The molecule has 4 rings (SSSR count). The highest BCUT2D eigenvalue weighted by molar-refractivity contribution is 6.39. The normalized spacial score (nSPS) is 15.1. The number of nitrogens with zero attached hydrogens (tertiary/aromatic N) is 2. The van der Waals surface area contributed by atoms with Crippen molar-refractivity contribution in [2.24, 2.45) is 5.41 Å².